The first-order valence-corrected chi connectivity index (χ1v) is 33.1. The average Bonchev–Trinajstić information content (AvgIpc) is 1.53. The molecule has 17 N–H and O–H groups in total. The number of aliphatic hydroxyl groups is 2. The van der Waals surface area contributed by atoms with Crippen molar-refractivity contribution in [2.75, 3.05) is 19.7 Å². The second kappa shape index (κ2) is 30.0. The van der Waals surface area contributed by atoms with Gasteiger partial charge >= 0.3 is 16.8 Å². The molecule has 0 spiro atoms. The van der Waals surface area contributed by atoms with E-state index in [1.54, 1.807) is 6.92 Å². The van der Waals surface area contributed by atoms with Crippen LogP contribution in [0.1, 0.15) is 150 Å². The van der Waals surface area contributed by atoms with Crippen LogP contribution in [0.25, 0.3) is 22.1 Å². The number of nitrogens with zero attached hydrogens (tertiary/aromatic N) is 6. The van der Waals surface area contributed by atoms with Gasteiger partial charge < -0.3 is 89.3 Å². The number of carbonyl (C=O) groups excluding carboxylic acids is 7. The van der Waals surface area contributed by atoms with Gasteiger partial charge in [0.15, 0.2) is 6.23 Å². The van der Waals surface area contributed by atoms with Crippen molar-refractivity contribution in [1.82, 2.24) is 14.9 Å². The molecule has 0 radical (unpaired) electrons. The summed E-state index contributed by atoms with van der Waals surface area (Å²) >= 11 is 0. The number of nitrogens with one attached hydrogen (secondary N) is 2. The van der Waals surface area contributed by atoms with Crippen LogP contribution in [0.5, 0.6) is 0 Å². The van der Waals surface area contributed by atoms with Gasteiger partial charge in [-0.1, -0.05) is 47.2 Å². The third-order valence-electron chi connectivity index (χ3n) is 20.6. The standard InChI is InChI=1S/C62H90N13O14P.C2H4NO2.Co/c1-29-20-39-40(21-30(29)2)75(28-70-39)57-52(84)53(41(27-76)87-57)89-90(85,86)88-31(3)26-69-49(83)18-19-59(8)37(22-46(66)80)56-62(11)61(10,25-48(68)82)36(14-17-45(65)79)51(74-62)33(5)55-60(9,24-47(67)81)34(12-15-43(63)77)38(71-55)23-42-58(6,7)35(13-16-44(64)78)50(72-42)32(4)54(59)73-56;3-1-2(4)5;/h20-21,23,28,31,34-37,41,52-53,56-57,76,84H,12-19,22,24-27H2,1-11H3,(H15,63,64,65,66,67,68,69,71,72,73,74,77,78,79,80,81,82,83,85,86);3H,1H2,(H,4,5);/q;-1;+3/p-2. The van der Waals surface area contributed by atoms with Crippen molar-refractivity contribution in [3.8, 4) is 0 Å². The maximum atomic E-state index is 14.4. The fourth-order valence-corrected chi connectivity index (χ4v) is 16.4. The number of aliphatic carboxylic acids is 1. The summed E-state index contributed by atoms with van der Waals surface area (Å²) in [7, 11) is -5.32. The summed E-state index contributed by atoms with van der Waals surface area (Å²) in [6, 6.07) is 2.65. The SMILES string of the molecule is C/C1=C2/N=C(C=C3N=C(/C(C)=C4\[N-]C(C(CC(N)=O)C4(C)CCC(=O)NCC(C)OP(=O)([O-])OC4C(CO)OC(n5cnc6cc(C)c(C)cc65)C4O)C4(C)N=C1C(CCC(N)=O)C4(C)CC(N)=O)C(CCC(N)=O)C3(C)C)C(CCC(N)=O)C2(C)CC(N)=O.[Co+3].[NH-]CC(=O)O. The minimum atomic E-state index is -5.32. The summed E-state index contributed by atoms with van der Waals surface area (Å²) in [5.74, 6) is -8.48. The molecule has 15 atom stereocenters. The molecule has 32 heteroatoms. The van der Waals surface area contributed by atoms with E-state index in [1.807, 2.05) is 80.5 Å². The molecule has 6 aliphatic heterocycles. The van der Waals surface area contributed by atoms with Crippen LogP contribution < -0.4 is 44.6 Å². The van der Waals surface area contributed by atoms with Crippen molar-refractivity contribution >= 4 is 83.3 Å². The summed E-state index contributed by atoms with van der Waals surface area (Å²) in [5.41, 5.74) is 42.7. The topological polar surface area (TPSA) is 526 Å². The molecule has 7 amide bonds. The molecule has 2 saturated heterocycles. The number of allylic oxidation sites excluding steroid dienone is 6. The third-order valence-corrected chi connectivity index (χ3v) is 21.8. The van der Waals surface area contributed by atoms with Gasteiger partial charge in [0.05, 0.1) is 41.3 Å². The molecule has 7 heterocycles. The number of aliphatic imine (C=N–C) groups is 3. The quantitative estimate of drug-likeness (QED) is 0.0573. The number of carbonyl (C=O) groups is 8. The van der Waals surface area contributed by atoms with Gasteiger partial charge in [0, 0.05) is 108 Å². The zero-order chi connectivity index (χ0) is 71.0. The Kier molecular flexibility index (Phi) is 24.3. The van der Waals surface area contributed by atoms with Gasteiger partial charge in [-0.25, -0.2) is 4.98 Å². The molecule has 8 rings (SSSR count). The number of aliphatic hydroxyl groups excluding tert-OH is 2. The normalized spacial score (nSPS) is 31.9. The molecule has 0 aliphatic carbocycles. The number of carboxylic acid groups (broad SMARTS) is 1. The van der Waals surface area contributed by atoms with E-state index in [2.05, 4.69) is 10.3 Å². The van der Waals surface area contributed by atoms with Gasteiger partial charge in [-0.3, -0.25) is 57.9 Å². The number of aromatic nitrogens is 2. The maximum Gasteiger partial charge on any atom is 3.00 e. The number of fused-ring (bicyclic) bond motifs is 7. The smallest absolute Gasteiger partial charge is 0.756 e. The van der Waals surface area contributed by atoms with Crippen LogP contribution in [0.3, 0.4) is 0 Å². The molecule has 1 aromatic heterocycles. The number of hydrogen-bond acceptors (Lipinski definition) is 19. The van der Waals surface area contributed by atoms with Crippen molar-refractivity contribution < 1.29 is 93.7 Å². The van der Waals surface area contributed by atoms with E-state index in [-0.39, 0.29) is 94.0 Å². The molecule has 2 fully saturated rings. The van der Waals surface area contributed by atoms with Crippen LogP contribution >= 0.6 is 7.82 Å². The van der Waals surface area contributed by atoms with Crippen molar-refractivity contribution in [2.45, 2.75) is 189 Å². The summed E-state index contributed by atoms with van der Waals surface area (Å²) in [6.45, 7) is 18.4. The van der Waals surface area contributed by atoms with E-state index < -0.39 is 156 Å². The van der Waals surface area contributed by atoms with Crippen molar-refractivity contribution in [3.63, 3.8) is 0 Å². The number of benzene rings is 1. The Balaban J connectivity index is 0.00000234. The zero-order valence-electron chi connectivity index (χ0n) is 56.1. The number of primary amides is 6. The first-order valence-electron chi connectivity index (χ1n) is 31.6. The molecule has 6 aliphatic rings. The fraction of sp³-hybridized carbons (Fsp3) is 0.625. The molecule has 8 bridgehead atoms. The van der Waals surface area contributed by atoms with E-state index in [4.69, 9.17) is 79.3 Å². The van der Waals surface area contributed by atoms with Crippen molar-refractivity contribution in [2.24, 2.45) is 94.7 Å². The van der Waals surface area contributed by atoms with Crippen LogP contribution in [0, 0.1) is 59.2 Å². The van der Waals surface area contributed by atoms with Crippen LogP contribution in [0.15, 0.2) is 67.8 Å². The number of ether oxygens (including phenoxy) is 1. The predicted octanol–water partition coefficient (Wildman–Crippen LogP) is 3.44. The monoisotopic (exact) mass is 1400 g/mol. The second-order valence-corrected chi connectivity index (χ2v) is 28.9. The predicted molar refractivity (Wildman–Crippen MR) is 348 cm³/mol. The van der Waals surface area contributed by atoms with Gasteiger partial charge in [0.25, 0.3) is 13.8 Å². The molecule has 2 aromatic rings. The van der Waals surface area contributed by atoms with E-state index in [9.17, 15) is 58.0 Å². The van der Waals surface area contributed by atoms with E-state index >= 15 is 0 Å². The number of phosphoric ester groups is 1. The second-order valence-electron chi connectivity index (χ2n) is 27.6. The van der Waals surface area contributed by atoms with Crippen LogP contribution in [-0.2, 0) is 73.5 Å². The summed E-state index contributed by atoms with van der Waals surface area (Å²) in [6.07, 6.45) is -4.79. The van der Waals surface area contributed by atoms with Crippen molar-refractivity contribution in [3.05, 3.63) is 75.0 Å². The van der Waals surface area contributed by atoms with Gasteiger partial charge in [0.1, 0.15) is 18.3 Å². The molecule has 15 unspecified atom stereocenters. The maximum absolute atomic E-state index is 14.4. The Morgan fingerprint density at radius 3 is 1.93 bits per heavy atom. The third kappa shape index (κ3) is 15.7. The number of imidazole rings is 1. The largest absolute Gasteiger partial charge is 3.00 e. The Morgan fingerprint density at radius 1 is 0.802 bits per heavy atom. The van der Waals surface area contributed by atoms with Crippen molar-refractivity contribution in [1.29, 1.82) is 0 Å². The van der Waals surface area contributed by atoms with Crippen LogP contribution in [-0.4, -0.2) is 145 Å². The van der Waals surface area contributed by atoms with Gasteiger partial charge in [-0.2, -0.15) is 5.70 Å². The zero-order valence-corrected chi connectivity index (χ0v) is 58.0. The van der Waals surface area contributed by atoms with Gasteiger partial charge in [0.2, 0.25) is 41.4 Å². The molecule has 96 heavy (non-hydrogen) atoms. The molecule has 30 nitrogen and oxygen atoms in total. The average molecular weight is 1400 g/mol. The van der Waals surface area contributed by atoms with E-state index in [1.165, 1.54) is 17.8 Å². The Morgan fingerprint density at radius 2 is 1.38 bits per heavy atom. The Bertz CT molecular complexity index is 3680. The first kappa shape index (κ1) is 77.9. The number of rotatable bonds is 27. The molecular formula is C64H92CoN14O16P. The summed E-state index contributed by atoms with van der Waals surface area (Å²) < 4.78 is 31.9. The summed E-state index contributed by atoms with van der Waals surface area (Å²) in [5, 5.41) is 37.7. The number of amides is 7. The first-order chi connectivity index (χ1) is 44.1. The number of phosphoric acid groups is 1. The molecule has 0 saturated carbocycles. The summed E-state index contributed by atoms with van der Waals surface area (Å²) in [4.78, 5) is 137. The Labute approximate surface area is 567 Å². The minimum absolute atomic E-state index is 0. The van der Waals surface area contributed by atoms with Gasteiger partial charge in [-0.15, -0.1) is 0 Å². The van der Waals surface area contributed by atoms with Crippen LogP contribution in [0.2, 0.25) is 0 Å². The number of hydrogen-bond donors (Lipinski definition) is 10. The minimum Gasteiger partial charge on any atom is -0.756 e. The fourth-order valence-electron chi connectivity index (χ4n) is 15.3. The van der Waals surface area contributed by atoms with Crippen LogP contribution in [0.4, 0.5) is 0 Å². The van der Waals surface area contributed by atoms with E-state index in [0.29, 0.717) is 56.4 Å². The molecular weight excluding hydrogens is 1310 g/mol. The molecule has 528 valence electrons. The Hall–Kier alpha value is -7.06. The number of carboxylic acids is 1. The van der Waals surface area contributed by atoms with Gasteiger partial charge in [-0.05, 0) is 119 Å². The molecule has 1 aromatic carbocycles. The number of nitrogens with two attached hydrogens (primary N) is 6. The number of aryl methyl sites for hydroxylation is 2. The van der Waals surface area contributed by atoms with E-state index in [0.717, 1.165) is 11.1 Å².